The molecule has 3 rings (SSSR count). The topological polar surface area (TPSA) is 0 Å². The van der Waals surface area contributed by atoms with Gasteiger partial charge in [0, 0.05) is 5.33 Å². The van der Waals surface area contributed by atoms with E-state index in [9.17, 15) is 0 Å². The van der Waals surface area contributed by atoms with Crippen molar-refractivity contribution < 1.29 is 0 Å². The fraction of sp³-hybridized carbons (Fsp3) is 0.250. The van der Waals surface area contributed by atoms with Gasteiger partial charge in [0.2, 0.25) is 0 Å². The summed E-state index contributed by atoms with van der Waals surface area (Å²) in [5.74, 6) is 0.632. The van der Waals surface area contributed by atoms with E-state index in [1.54, 1.807) is 0 Å². The minimum absolute atomic E-state index is 0.632. The Labute approximate surface area is 110 Å². The third kappa shape index (κ3) is 1.83. The Morgan fingerprint density at radius 3 is 2.82 bits per heavy atom. The second-order valence-electron chi connectivity index (χ2n) is 4.83. The molecule has 0 saturated carbocycles. The van der Waals surface area contributed by atoms with Crippen LogP contribution >= 0.6 is 15.9 Å². The van der Waals surface area contributed by atoms with Crippen LogP contribution in [0.15, 0.2) is 42.0 Å². The van der Waals surface area contributed by atoms with E-state index in [0.29, 0.717) is 5.92 Å². The summed E-state index contributed by atoms with van der Waals surface area (Å²) in [4.78, 5) is 0. The van der Waals surface area contributed by atoms with Crippen LogP contribution in [0, 0.1) is 0 Å². The first-order valence-corrected chi connectivity index (χ1v) is 7.19. The van der Waals surface area contributed by atoms with Crippen LogP contribution in [0.3, 0.4) is 0 Å². The van der Waals surface area contributed by atoms with Crippen molar-refractivity contribution in [2.75, 3.05) is 5.33 Å². The summed E-state index contributed by atoms with van der Waals surface area (Å²) in [6, 6.07) is 13.2. The summed E-state index contributed by atoms with van der Waals surface area (Å²) >= 11 is 3.59. The fourth-order valence-electron chi connectivity index (χ4n) is 2.76. The minimum Gasteiger partial charge on any atom is -0.0880 e. The van der Waals surface area contributed by atoms with Crippen molar-refractivity contribution in [2.24, 2.45) is 0 Å². The molecule has 2 aromatic carbocycles. The van der Waals surface area contributed by atoms with E-state index in [2.05, 4.69) is 65.3 Å². The number of hydrogen-bond donors (Lipinski definition) is 0. The average Bonchev–Trinajstić information content (AvgIpc) is 2.38. The van der Waals surface area contributed by atoms with Gasteiger partial charge in [-0.15, -0.1) is 0 Å². The summed E-state index contributed by atoms with van der Waals surface area (Å²) in [6.45, 7) is 2.32. The zero-order chi connectivity index (χ0) is 11.8. The summed E-state index contributed by atoms with van der Waals surface area (Å²) in [5, 5.41) is 3.71. The molecule has 86 valence electrons. The van der Waals surface area contributed by atoms with Gasteiger partial charge in [0.1, 0.15) is 0 Å². The molecular weight excluding hydrogens is 272 g/mol. The predicted molar refractivity (Wildman–Crippen MR) is 78.8 cm³/mol. The lowest BCUT2D eigenvalue weighted by Crippen LogP contribution is -2.05. The third-order valence-electron chi connectivity index (χ3n) is 3.62. The molecule has 0 bridgehead atoms. The number of alkyl halides is 1. The van der Waals surface area contributed by atoms with Gasteiger partial charge in [0.15, 0.2) is 0 Å². The molecular formula is C16H15Br. The first-order chi connectivity index (χ1) is 8.29. The first-order valence-electron chi connectivity index (χ1n) is 6.06. The summed E-state index contributed by atoms with van der Waals surface area (Å²) in [7, 11) is 0. The number of benzene rings is 2. The van der Waals surface area contributed by atoms with Crippen molar-refractivity contribution in [3.05, 3.63) is 53.1 Å². The molecule has 0 fully saturated rings. The zero-order valence-electron chi connectivity index (χ0n) is 9.91. The van der Waals surface area contributed by atoms with E-state index in [1.165, 1.54) is 33.9 Å². The summed E-state index contributed by atoms with van der Waals surface area (Å²) in [5.41, 5.74) is 4.42. The average molecular weight is 287 g/mol. The minimum atomic E-state index is 0.632. The van der Waals surface area contributed by atoms with Crippen LogP contribution < -0.4 is 0 Å². The molecule has 2 aromatic rings. The number of hydrogen-bond acceptors (Lipinski definition) is 0. The maximum atomic E-state index is 3.59. The molecule has 0 aromatic heterocycles. The smallest absolute Gasteiger partial charge is 0.0245 e. The summed E-state index contributed by atoms with van der Waals surface area (Å²) < 4.78 is 0. The molecule has 1 aliphatic rings. The van der Waals surface area contributed by atoms with Gasteiger partial charge in [-0.25, -0.2) is 0 Å². The van der Waals surface area contributed by atoms with Crippen molar-refractivity contribution in [3.63, 3.8) is 0 Å². The number of halogens is 1. The van der Waals surface area contributed by atoms with Gasteiger partial charge in [-0.3, -0.25) is 0 Å². The van der Waals surface area contributed by atoms with Gasteiger partial charge in [-0.2, -0.15) is 0 Å². The highest BCUT2D eigenvalue weighted by molar-refractivity contribution is 9.09. The molecule has 17 heavy (non-hydrogen) atoms. The molecule has 0 heterocycles. The summed E-state index contributed by atoms with van der Waals surface area (Å²) in [6.07, 6.45) is 3.54. The van der Waals surface area contributed by atoms with E-state index < -0.39 is 0 Å². The highest BCUT2D eigenvalue weighted by atomic mass is 79.9. The highest BCUT2D eigenvalue weighted by Gasteiger charge is 2.18. The van der Waals surface area contributed by atoms with E-state index in [4.69, 9.17) is 0 Å². The van der Waals surface area contributed by atoms with Gasteiger partial charge in [-0.1, -0.05) is 70.9 Å². The van der Waals surface area contributed by atoms with Crippen LogP contribution in [0.2, 0.25) is 0 Å². The Morgan fingerprint density at radius 2 is 2.00 bits per heavy atom. The molecule has 1 heteroatoms. The van der Waals surface area contributed by atoms with Crippen molar-refractivity contribution in [1.29, 1.82) is 0 Å². The molecule has 0 N–H and O–H groups in total. The Balaban J connectivity index is 2.32. The molecule has 1 aliphatic carbocycles. The highest BCUT2D eigenvalue weighted by Crippen LogP contribution is 2.37. The Bertz CT molecular complexity index is 595. The molecule has 0 saturated heterocycles. The lowest BCUT2D eigenvalue weighted by Gasteiger charge is -2.23. The van der Waals surface area contributed by atoms with Crippen molar-refractivity contribution in [3.8, 4) is 0 Å². The maximum Gasteiger partial charge on any atom is 0.0245 e. The van der Waals surface area contributed by atoms with Crippen LogP contribution in [-0.2, 0) is 0 Å². The quantitative estimate of drug-likeness (QED) is 0.638. The van der Waals surface area contributed by atoms with Gasteiger partial charge >= 0.3 is 0 Å². The lowest BCUT2D eigenvalue weighted by atomic mass is 9.82. The van der Waals surface area contributed by atoms with Gasteiger partial charge in [-0.05, 0) is 34.2 Å². The van der Waals surface area contributed by atoms with E-state index in [1.807, 2.05) is 0 Å². The third-order valence-corrected chi connectivity index (χ3v) is 4.34. The van der Waals surface area contributed by atoms with E-state index in [-0.39, 0.29) is 0 Å². The van der Waals surface area contributed by atoms with Crippen LogP contribution in [0.5, 0.6) is 0 Å². The van der Waals surface area contributed by atoms with Crippen LogP contribution in [0.4, 0.5) is 0 Å². The van der Waals surface area contributed by atoms with Crippen LogP contribution in [-0.4, -0.2) is 5.33 Å². The molecule has 0 radical (unpaired) electrons. The standard InChI is InChI=1S/C16H15Br/c1-11-8-12(10-17)9-16-14(11)7-6-13-4-2-3-5-15(13)16/h2-7,9,11H,8,10H2,1H3. The maximum absolute atomic E-state index is 3.59. The van der Waals surface area contributed by atoms with Crippen LogP contribution in [0.25, 0.3) is 16.8 Å². The molecule has 1 unspecified atom stereocenters. The Kier molecular flexibility index (Phi) is 2.79. The lowest BCUT2D eigenvalue weighted by molar-refractivity contribution is 0.746. The number of rotatable bonds is 1. The van der Waals surface area contributed by atoms with Crippen molar-refractivity contribution in [2.45, 2.75) is 19.3 Å². The largest absolute Gasteiger partial charge is 0.0880 e. The molecule has 0 amide bonds. The number of fused-ring (bicyclic) bond motifs is 3. The normalized spacial score (nSPS) is 18.9. The second-order valence-corrected chi connectivity index (χ2v) is 5.39. The molecule has 0 spiro atoms. The Morgan fingerprint density at radius 1 is 1.18 bits per heavy atom. The Hall–Kier alpha value is -1.08. The second kappa shape index (κ2) is 4.30. The predicted octanol–water partition coefficient (Wildman–Crippen LogP) is 5.13. The van der Waals surface area contributed by atoms with Gasteiger partial charge in [0.05, 0.1) is 0 Å². The SMILES string of the molecule is CC1CC(CBr)=Cc2c1ccc1ccccc21. The first kappa shape index (κ1) is 11.0. The van der Waals surface area contributed by atoms with Gasteiger partial charge in [0.25, 0.3) is 0 Å². The molecule has 0 nitrogen and oxygen atoms in total. The van der Waals surface area contributed by atoms with Gasteiger partial charge < -0.3 is 0 Å². The molecule has 0 aliphatic heterocycles. The molecule has 1 atom stereocenters. The zero-order valence-corrected chi connectivity index (χ0v) is 11.5. The monoisotopic (exact) mass is 286 g/mol. The van der Waals surface area contributed by atoms with Crippen molar-refractivity contribution in [1.82, 2.24) is 0 Å². The number of allylic oxidation sites excluding steroid dienone is 1. The van der Waals surface area contributed by atoms with E-state index in [0.717, 1.165) is 5.33 Å². The van der Waals surface area contributed by atoms with E-state index >= 15 is 0 Å². The van der Waals surface area contributed by atoms with Crippen LogP contribution in [0.1, 0.15) is 30.4 Å². The fourth-order valence-corrected chi connectivity index (χ4v) is 3.15. The van der Waals surface area contributed by atoms with Crippen molar-refractivity contribution >= 4 is 32.8 Å².